The predicted octanol–water partition coefficient (Wildman–Crippen LogP) is 1.58. The SMILES string of the molecule is O=C(O)C1CCCN1C(=O)NCC1Cc2ccccc21. The third-order valence-electron chi connectivity index (χ3n) is 4.26. The lowest BCUT2D eigenvalue weighted by Gasteiger charge is -2.31. The quantitative estimate of drug-likeness (QED) is 0.879. The number of nitrogens with zero attached hydrogens (tertiary/aromatic N) is 1. The molecule has 1 aliphatic carbocycles. The lowest BCUT2D eigenvalue weighted by molar-refractivity contribution is -0.141. The maximum atomic E-state index is 12.1. The molecule has 0 saturated carbocycles. The summed E-state index contributed by atoms with van der Waals surface area (Å²) in [5.41, 5.74) is 2.64. The number of hydrogen-bond donors (Lipinski definition) is 2. The average Bonchev–Trinajstić information content (AvgIpc) is 2.89. The largest absolute Gasteiger partial charge is 0.480 e. The number of carbonyl (C=O) groups excluding carboxylic acids is 1. The minimum absolute atomic E-state index is 0.251. The van der Waals surface area contributed by atoms with Crippen molar-refractivity contribution in [2.75, 3.05) is 13.1 Å². The van der Waals surface area contributed by atoms with Gasteiger partial charge in [-0.3, -0.25) is 0 Å². The molecule has 106 valence electrons. The number of likely N-dealkylation sites (tertiary alicyclic amines) is 1. The van der Waals surface area contributed by atoms with Crippen molar-refractivity contribution < 1.29 is 14.7 Å². The molecule has 2 amide bonds. The van der Waals surface area contributed by atoms with Gasteiger partial charge in [0.05, 0.1) is 0 Å². The molecule has 20 heavy (non-hydrogen) atoms. The molecule has 0 radical (unpaired) electrons. The first-order valence-corrected chi connectivity index (χ1v) is 7.02. The Morgan fingerprint density at radius 3 is 2.90 bits per heavy atom. The number of rotatable bonds is 3. The fourth-order valence-electron chi connectivity index (χ4n) is 3.12. The third kappa shape index (κ3) is 2.24. The van der Waals surface area contributed by atoms with Crippen molar-refractivity contribution in [1.82, 2.24) is 10.2 Å². The summed E-state index contributed by atoms with van der Waals surface area (Å²) >= 11 is 0. The Bertz CT molecular complexity index is 544. The highest BCUT2D eigenvalue weighted by Crippen LogP contribution is 2.34. The molecule has 2 unspecified atom stereocenters. The molecule has 1 aromatic carbocycles. The van der Waals surface area contributed by atoms with Crippen LogP contribution in [0.3, 0.4) is 0 Å². The van der Waals surface area contributed by atoms with E-state index in [9.17, 15) is 9.59 Å². The van der Waals surface area contributed by atoms with Crippen LogP contribution in [0.2, 0.25) is 0 Å². The number of benzene rings is 1. The molecular weight excluding hydrogens is 256 g/mol. The highest BCUT2D eigenvalue weighted by Gasteiger charge is 2.34. The summed E-state index contributed by atoms with van der Waals surface area (Å²) in [5.74, 6) is -0.548. The van der Waals surface area contributed by atoms with Gasteiger partial charge in [-0.2, -0.15) is 0 Å². The lowest BCUT2D eigenvalue weighted by Crippen LogP contribution is -2.47. The highest BCUT2D eigenvalue weighted by molar-refractivity contribution is 5.83. The minimum Gasteiger partial charge on any atom is -0.480 e. The van der Waals surface area contributed by atoms with Gasteiger partial charge in [0.25, 0.3) is 0 Å². The van der Waals surface area contributed by atoms with Crippen LogP contribution in [0.15, 0.2) is 24.3 Å². The topological polar surface area (TPSA) is 69.6 Å². The van der Waals surface area contributed by atoms with Crippen LogP contribution < -0.4 is 5.32 Å². The summed E-state index contributed by atoms with van der Waals surface area (Å²) in [5, 5.41) is 12.0. The molecule has 2 aliphatic rings. The van der Waals surface area contributed by atoms with E-state index in [0.29, 0.717) is 25.4 Å². The Morgan fingerprint density at radius 2 is 2.15 bits per heavy atom. The van der Waals surface area contributed by atoms with Gasteiger partial charge in [0.2, 0.25) is 0 Å². The summed E-state index contributed by atoms with van der Waals surface area (Å²) in [4.78, 5) is 24.6. The highest BCUT2D eigenvalue weighted by atomic mass is 16.4. The van der Waals surface area contributed by atoms with Gasteiger partial charge >= 0.3 is 12.0 Å². The molecule has 1 saturated heterocycles. The average molecular weight is 274 g/mol. The summed E-state index contributed by atoms with van der Waals surface area (Å²) < 4.78 is 0. The van der Waals surface area contributed by atoms with Crippen LogP contribution >= 0.6 is 0 Å². The Morgan fingerprint density at radius 1 is 1.35 bits per heavy atom. The Labute approximate surface area is 117 Å². The van der Waals surface area contributed by atoms with Crippen LogP contribution in [0.4, 0.5) is 4.79 Å². The van der Waals surface area contributed by atoms with E-state index in [-0.39, 0.29) is 6.03 Å². The molecule has 3 rings (SSSR count). The van der Waals surface area contributed by atoms with Crippen LogP contribution in [-0.2, 0) is 11.2 Å². The number of carbonyl (C=O) groups is 2. The molecule has 2 N–H and O–H groups in total. The second kappa shape index (κ2) is 5.15. The first-order valence-electron chi connectivity index (χ1n) is 7.02. The first kappa shape index (κ1) is 13.0. The molecule has 5 nitrogen and oxygen atoms in total. The number of urea groups is 1. The number of amides is 2. The van der Waals surface area contributed by atoms with Crippen molar-refractivity contribution in [3.8, 4) is 0 Å². The van der Waals surface area contributed by atoms with E-state index in [0.717, 1.165) is 12.8 Å². The van der Waals surface area contributed by atoms with E-state index >= 15 is 0 Å². The fraction of sp³-hybridized carbons (Fsp3) is 0.467. The van der Waals surface area contributed by atoms with Crippen LogP contribution in [0, 0.1) is 0 Å². The maximum Gasteiger partial charge on any atom is 0.326 e. The van der Waals surface area contributed by atoms with Crippen molar-refractivity contribution in [2.24, 2.45) is 0 Å². The minimum atomic E-state index is -0.911. The van der Waals surface area contributed by atoms with Crippen LogP contribution in [-0.4, -0.2) is 41.1 Å². The molecule has 1 aliphatic heterocycles. The molecule has 0 bridgehead atoms. The number of carboxylic acids is 1. The van der Waals surface area contributed by atoms with Crippen molar-refractivity contribution in [2.45, 2.75) is 31.2 Å². The summed E-state index contributed by atoms with van der Waals surface area (Å²) in [6, 6.07) is 7.31. The molecule has 0 spiro atoms. The Kier molecular flexibility index (Phi) is 3.34. The van der Waals surface area contributed by atoms with Crippen molar-refractivity contribution in [1.29, 1.82) is 0 Å². The summed E-state index contributed by atoms with van der Waals surface area (Å²) in [6.07, 6.45) is 2.30. The van der Waals surface area contributed by atoms with E-state index in [1.54, 1.807) is 0 Å². The second-order valence-electron chi connectivity index (χ2n) is 5.48. The van der Waals surface area contributed by atoms with Gasteiger partial charge in [-0.05, 0) is 30.4 Å². The fourth-order valence-corrected chi connectivity index (χ4v) is 3.12. The van der Waals surface area contributed by atoms with E-state index in [1.807, 2.05) is 12.1 Å². The van der Waals surface area contributed by atoms with E-state index < -0.39 is 12.0 Å². The molecular formula is C15H18N2O3. The molecule has 1 heterocycles. The monoisotopic (exact) mass is 274 g/mol. The normalized spacial score (nSPS) is 23.9. The number of aliphatic carboxylic acids is 1. The van der Waals surface area contributed by atoms with Crippen LogP contribution in [0.5, 0.6) is 0 Å². The number of fused-ring (bicyclic) bond motifs is 1. The van der Waals surface area contributed by atoms with Gasteiger partial charge < -0.3 is 15.3 Å². The van der Waals surface area contributed by atoms with Crippen molar-refractivity contribution in [3.63, 3.8) is 0 Å². The van der Waals surface area contributed by atoms with Crippen LogP contribution in [0.25, 0.3) is 0 Å². The molecule has 2 atom stereocenters. The Hall–Kier alpha value is -2.04. The Balaban J connectivity index is 1.55. The first-order chi connectivity index (χ1) is 9.66. The van der Waals surface area contributed by atoms with Gasteiger partial charge in [-0.25, -0.2) is 9.59 Å². The standard InChI is InChI=1S/C15H18N2O3/c18-14(19)13-6-3-7-17(13)15(20)16-9-11-8-10-4-1-2-5-12(10)11/h1-2,4-5,11,13H,3,6-9H2,(H,16,20)(H,18,19). The van der Waals surface area contributed by atoms with Crippen LogP contribution in [0.1, 0.15) is 29.9 Å². The van der Waals surface area contributed by atoms with Gasteiger partial charge in [-0.1, -0.05) is 24.3 Å². The van der Waals surface area contributed by atoms with Gasteiger partial charge in [-0.15, -0.1) is 0 Å². The smallest absolute Gasteiger partial charge is 0.326 e. The lowest BCUT2D eigenvalue weighted by atomic mass is 9.78. The molecule has 5 heteroatoms. The maximum absolute atomic E-state index is 12.1. The number of nitrogens with one attached hydrogen (secondary N) is 1. The van der Waals surface area contributed by atoms with Crippen molar-refractivity contribution in [3.05, 3.63) is 35.4 Å². The number of carboxylic acid groups (broad SMARTS) is 1. The zero-order valence-corrected chi connectivity index (χ0v) is 11.2. The molecule has 0 aromatic heterocycles. The zero-order valence-electron chi connectivity index (χ0n) is 11.2. The molecule has 1 fully saturated rings. The molecule has 1 aromatic rings. The van der Waals surface area contributed by atoms with E-state index in [4.69, 9.17) is 5.11 Å². The zero-order chi connectivity index (χ0) is 14.1. The van der Waals surface area contributed by atoms with Gasteiger partial charge in [0.15, 0.2) is 0 Å². The van der Waals surface area contributed by atoms with E-state index in [1.165, 1.54) is 16.0 Å². The van der Waals surface area contributed by atoms with Gasteiger partial charge in [0.1, 0.15) is 6.04 Å². The second-order valence-corrected chi connectivity index (χ2v) is 5.48. The summed E-state index contributed by atoms with van der Waals surface area (Å²) in [6.45, 7) is 1.11. The summed E-state index contributed by atoms with van der Waals surface area (Å²) in [7, 11) is 0. The predicted molar refractivity (Wildman–Crippen MR) is 73.6 cm³/mol. The van der Waals surface area contributed by atoms with Gasteiger partial charge in [0, 0.05) is 19.0 Å². The van der Waals surface area contributed by atoms with Crippen molar-refractivity contribution >= 4 is 12.0 Å². The number of hydrogen-bond acceptors (Lipinski definition) is 2. The third-order valence-corrected chi connectivity index (χ3v) is 4.26. The van der Waals surface area contributed by atoms with E-state index in [2.05, 4.69) is 17.4 Å².